The van der Waals surface area contributed by atoms with Gasteiger partial charge in [0.2, 0.25) is 0 Å². The zero-order chi connectivity index (χ0) is 11.8. The smallest absolute Gasteiger partial charge is 0.00218 e. The molecular weight excluding hydrogens is 196 g/mol. The van der Waals surface area contributed by atoms with Crippen LogP contribution in [0.4, 0.5) is 0 Å². The maximum atomic E-state index is 3.52. The number of rotatable bonds is 7. The number of piperidine rings is 1. The fourth-order valence-corrected chi connectivity index (χ4v) is 2.50. The van der Waals surface area contributed by atoms with Gasteiger partial charge in [-0.05, 0) is 63.7 Å². The number of hydrogen-bond donors (Lipinski definition) is 1. The van der Waals surface area contributed by atoms with E-state index in [1.54, 1.807) is 0 Å². The van der Waals surface area contributed by atoms with Crippen LogP contribution in [-0.4, -0.2) is 37.6 Å². The van der Waals surface area contributed by atoms with Crippen LogP contribution in [0, 0.1) is 11.8 Å². The van der Waals surface area contributed by atoms with Crippen molar-refractivity contribution in [3.05, 3.63) is 0 Å². The Morgan fingerprint density at radius 3 is 2.69 bits per heavy atom. The highest BCUT2D eigenvalue weighted by Gasteiger charge is 2.16. The number of nitrogens with one attached hydrogen (secondary N) is 1. The molecule has 0 amide bonds. The number of hydrogen-bond acceptors (Lipinski definition) is 2. The maximum Gasteiger partial charge on any atom is 0.00218 e. The molecule has 0 saturated carbocycles. The Kier molecular flexibility index (Phi) is 7.06. The Morgan fingerprint density at radius 1 is 1.31 bits per heavy atom. The van der Waals surface area contributed by atoms with Crippen LogP contribution in [0.3, 0.4) is 0 Å². The van der Waals surface area contributed by atoms with Gasteiger partial charge >= 0.3 is 0 Å². The first kappa shape index (κ1) is 14.0. The highest BCUT2D eigenvalue weighted by Crippen LogP contribution is 2.13. The summed E-state index contributed by atoms with van der Waals surface area (Å²) in [5.41, 5.74) is 0. The van der Waals surface area contributed by atoms with E-state index in [1.807, 2.05) is 0 Å². The van der Waals surface area contributed by atoms with Gasteiger partial charge in [-0.1, -0.05) is 20.8 Å². The van der Waals surface area contributed by atoms with E-state index in [0.717, 1.165) is 11.8 Å². The Morgan fingerprint density at radius 2 is 2.12 bits per heavy atom. The lowest BCUT2D eigenvalue weighted by molar-refractivity contribution is 0.199. The lowest BCUT2D eigenvalue weighted by Gasteiger charge is -2.30. The van der Waals surface area contributed by atoms with Crippen molar-refractivity contribution in [1.29, 1.82) is 0 Å². The van der Waals surface area contributed by atoms with Gasteiger partial charge in [0.15, 0.2) is 0 Å². The van der Waals surface area contributed by atoms with Crippen LogP contribution < -0.4 is 5.32 Å². The van der Waals surface area contributed by atoms with Crippen LogP contribution in [0.5, 0.6) is 0 Å². The molecule has 1 saturated heterocycles. The summed E-state index contributed by atoms with van der Waals surface area (Å²) in [4.78, 5) is 2.68. The van der Waals surface area contributed by atoms with E-state index in [1.165, 1.54) is 58.4 Å². The molecule has 1 N–H and O–H groups in total. The largest absolute Gasteiger partial charge is 0.316 e. The molecule has 16 heavy (non-hydrogen) atoms. The second-order valence-corrected chi connectivity index (χ2v) is 5.70. The third kappa shape index (κ3) is 5.86. The van der Waals surface area contributed by atoms with Gasteiger partial charge in [-0.25, -0.2) is 0 Å². The van der Waals surface area contributed by atoms with Crippen LogP contribution >= 0.6 is 0 Å². The lowest BCUT2D eigenvalue weighted by atomic mass is 9.98. The van der Waals surface area contributed by atoms with Crippen molar-refractivity contribution in [2.24, 2.45) is 11.8 Å². The first-order valence-corrected chi connectivity index (χ1v) is 7.15. The highest BCUT2D eigenvalue weighted by molar-refractivity contribution is 4.73. The summed E-state index contributed by atoms with van der Waals surface area (Å²) >= 11 is 0. The summed E-state index contributed by atoms with van der Waals surface area (Å²) in [6.07, 6.45) is 5.43. The molecule has 0 aliphatic carbocycles. The monoisotopic (exact) mass is 226 g/mol. The van der Waals surface area contributed by atoms with Gasteiger partial charge in [-0.15, -0.1) is 0 Å². The molecule has 96 valence electrons. The van der Waals surface area contributed by atoms with E-state index in [-0.39, 0.29) is 0 Å². The minimum Gasteiger partial charge on any atom is -0.316 e. The zero-order valence-corrected chi connectivity index (χ0v) is 11.5. The predicted octanol–water partition coefficient (Wildman–Crippen LogP) is 2.74. The van der Waals surface area contributed by atoms with Gasteiger partial charge in [-0.3, -0.25) is 0 Å². The van der Waals surface area contributed by atoms with Crippen molar-refractivity contribution in [3.63, 3.8) is 0 Å². The molecule has 1 unspecified atom stereocenters. The normalized spacial score (nSPS) is 21.9. The minimum absolute atomic E-state index is 0.837. The van der Waals surface area contributed by atoms with Crippen LogP contribution in [0.15, 0.2) is 0 Å². The summed E-state index contributed by atoms with van der Waals surface area (Å²) in [7, 11) is 0. The summed E-state index contributed by atoms with van der Waals surface area (Å²) in [6.45, 7) is 13.3. The average Bonchev–Trinajstić information content (AvgIpc) is 2.27. The van der Waals surface area contributed by atoms with Crippen molar-refractivity contribution in [1.82, 2.24) is 10.2 Å². The Labute approximate surface area is 102 Å². The Hall–Kier alpha value is -0.0800. The third-order valence-corrected chi connectivity index (χ3v) is 3.48. The van der Waals surface area contributed by atoms with Crippen molar-refractivity contribution < 1.29 is 0 Å². The van der Waals surface area contributed by atoms with Crippen molar-refractivity contribution in [2.75, 3.05) is 32.7 Å². The van der Waals surface area contributed by atoms with Gasteiger partial charge in [0.1, 0.15) is 0 Å². The Bertz CT molecular complexity index is 162. The second kappa shape index (κ2) is 8.08. The first-order valence-electron chi connectivity index (χ1n) is 7.15. The fraction of sp³-hybridized carbons (Fsp3) is 1.00. The molecule has 1 aliphatic heterocycles. The zero-order valence-electron chi connectivity index (χ0n) is 11.5. The molecule has 1 aliphatic rings. The van der Waals surface area contributed by atoms with Gasteiger partial charge in [0, 0.05) is 6.54 Å². The molecule has 1 atom stereocenters. The highest BCUT2D eigenvalue weighted by atomic mass is 15.1. The molecule has 0 aromatic heterocycles. The molecule has 0 radical (unpaired) electrons. The van der Waals surface area contributed by atoms with E-state index in [2.05, 4.69) is 31.0 Å². The van der Waals surface area contributed by atoms with E-state index in [9.17, 15) is 0 Å². The SMILES string of the molecule is CCCN(CCC(C)C)CC1CCCNC1. The van der Waals surface area contributed by atoms with E-state index in [0.29, 0.717) is 0 Å². The number of nitrogens with zero attached hydrogens (tertiary/aromatic N) is 1. The first-order chi connectivity index (χ1) is 7.72. The minimum atomic E-state index is 0.837. The van der Waals surface area contributed by atoms with Crippen LogP contribution in [0.2, 0.25) is 0 Å². The molecule has 1 fully saturated rings. The third-order valence-electron chi connectivity index (χ3n) is 3.48. The quantitative estimate of drug-likeness (QED) is 0.718. The van der Waals surface area contributed by atoms with E-state index >= 15 is 0 Å². The van der Waals surface area contributed by atoms with Crippen LogP contribution in [-0.2, 0) is 0 Å². The molecular formula is C14H30N2. The molecule has 1 heterocycles. The van der Waals surface area contributed by atoms with Crippen molar-refractivity contribution in [3.8, 4) is 0 Å². The Balaban J connectivity index is 2.25. The summed E-state index contributed by atoms with van der Waals surface area (Å²) in [5.74, 6) is 1.73. The van der Waals surface area contributed by atoms with Gasteiger partial charge in [0.05, 0.1) is 0 Å². The van der Waals surface area contributed by atoms with Crippen LogP contribution in [0.25, 0.3) is 0 Å². The standard InChI is InChI=1S/C14H30N2/c1-4-9-16(10-7-13(2)3)12-14-6-5-8-15-11-14/h13-15H,4-12H2,1-3H3. The molecule has 2 heteroatoms. The molecule has 2 nitrogen and oxygen atoms in total. The predicted molar refractivity (Wildman–Crippen MR) is 71.8 cm³/mol. The molecule has 1 rings (SSSR count). The van der Waals surface area contributed by atoms with E-state index in [4.69, 9.17) is 0 Å². The molecule has 0 spiro atoms. The molecule has 0 aromatic carbocycles. The summed E-state index contributed by atoms with van der Waals surface area (Å²) < 4.78 is 0. The van der Waals surface area contributed by atoms with Gasteiger partial charge < -0.3 is 10.2 Å². The van der Waals surface area contributed by atoms with Gasteiger partial charge in [-0.2, -0.15) is 0 Å². The van der Waals surface area contributed by atoms with Crippen LogP contribution in [0.1, 0.15) is 46.5 Å². The second-order valence-electron chi connectivity index (χ2n) is 5.70. The summed E-state index contributed by atoms with van der Waals surface area (Å²) in [6, 6.07) is 0. The van der Waals surface area contributed by atoms with Crippen molar-refractivity contribution >= 4 is 0 Å². The van der Waals surface area contributed by atoms with Crippen molar-refractivity contribution in [2.45, 2.75) is 46.5 Å². The maximum absolute atomic E-state index is 3.52. The van der Waals surface area contributed by atoms with E-state index < -0.39 is 0 Å². The molecule has 0 aromatic rings. The summed E-state index contributed by atoms with van der Waals surface area (Å²) in [5, 5.41) is 3.52. The fourth-order valence-electron chi connectivity index (χ4n) is 2.50. The molecule has 0 bridgehead atoms. The topological polar surface area (TPSA) is 15.3 Å². The average molecular weight is 226 g/mol. The lowest BCUT2D eigenvalue weighted by Crippen LogP contribution is -2.39. The van der Waals surface area contributed by atoms with Gasteiger partial charge in [0.25, 0.3) is 0 Å².